The molecule has 1 atom stereocenters. The number of pyridine rings is 1. The SMILES string of the molecule is CC(C)(C)C(=O)N1CCCC1C(=O)NCCc1cccnc1. The average molecular weight is 303 g/mol. The lowest BCUT2D eigenvalue weighted by Gasteiger charge is -2.30. The maximum atomic E-state index is 12.4. The van der Waals surface area contributed by atoms with Gasteiger partial charge in [-0.25, -0.2) is 0 Å². The monoisotopic (exact) mass is 303 g/mol. The predicted molar refractivity (Wildman–Crippen MR) is 85.1 cm³/mol. The summed E-state index contributed by atoms with van der Waals surface area (Å²) >= 11 is 0. The van der Waals surface area contributed by atoms with Gasteiger partial charge in [-0.1, -0.05) is 26.8 Å². The van der Waals surface area contributed by atoms with Crippen LogP contribution in [0.5, 0.6) is 0 Å². The Morgan fingerprint density at radius 2 is 2.18 bits per heavy atom. The van der Waals surface area contributed by atoms with Crippen molar-refractivity contribution in [3.63, 3.8) is 0 Å². The Morgan fingerprint density at radius 3 is 2.82 bits per heavy atom. The van der Waals surface area contributed by atoms with Crippen LogP contribution in [0.1, 0.15) is 39.2 Å². The lowest BCUT2D eigenvalue weighted by Crippen LogP contribution is -2.49. The molecule has 1 unspecified atom stereocenters. The van der Waals surface area contributed by atoms with Crippen LogP contribution in [0.15, 0.2) is 24.5 Å². The summed E-state index contributed by atoms with van der Waals surface area (Å²) in [5.41, 5.74) is 0.648. The summed E-state index contributed by atoms with van der Waals surface area (Å²) in [4.78, 5) is 30.6. The van der Waals surface area contributed by atoms with Crippen molar-refractivity contribution in [1.29, 1.82) is 0 Å². The van der Waals surface area contributed by atoms with E-state index in [0.29, 0.717) is 13.1 Å². The first-order valence-corrected chi connectivity index (χ1v) is 7.87. The zero-order valence-corrected chi connectivity index (χ0v) is 13.6. The van der Waals surface area contributed by atoms with Crippen LogP contribution in [-0.2, 0) is 16.0 Å². The van der Waals surface area contributed by atoms with E-state index in [0.717, 1.165) is 24.8 Å². The topological polar surface area (TPSA) is 62.3 Å². The molecule has 2 heterocycles. The van der Waals surface area contributed by atoms with Crippen molar-refractivity contribution < 1.29 is 9.59 Å². The summed E-state index contributed by atoms with van der Waals surface area (Å²) in [7, 11) is 0. The Bertz CT molecular complexity index is 522. The smallest absolute Gasteiger partial charge is 0.242 e. The van der Waals surface area contributed by atoms with Crippen LogP contribution in [0.25, 0.3) is 0 Å². The molecule has 0 radical (unpaired) electrons. The van der Waals surface area contributed by atoms with E-state index in [1.54, 1.807) is 17.3 Å². The molecule has 1 N–H and O–H groups in total. The van der Waals surface area contributed by atoms with Crippen LogP contribution < -0.4 is 5.32 Å². The molecule has 22 heavy (non-hydrogen) atoms. The molecule has 1 saturated heterocycles. The van der Waals surface area contributed by atoms with Gasteiger partial charge in [0.25, 0.3) is 0 Å². The van der Waals surface area contributed by atoms with Gasteiger partial charge < -0.3 is 10.2 Å². The van der Waals surface area contributed by atoms with Crippen LogP contribution in [0.2, 0.25) is 0 Å². The normalized spacial score (nSPS) is 18.3. The number of aromatic nitrogens is 1. The number of carbonyl (C=O) groups excluding carboxylic acids is 2. The molecule has 5 nitrogen and oxygen atoms in total. The van der Waals surface area contributed by atoms with Gasteiger partial charge in [0.15, 0.2) is 0 Å². The van der Waals surface area contributed by atoms with Crippen LogP contribution in [0, 0.1) is 5.41 Å². The molecule has 0 bridgehead atoms. The van der Waals surface area contributed by atoms with E-state index in [2.05, 4.69) is 10.3 Å². The standard InChI is InChI=1S/C17H25N3O2/c1-17(2,3)16(22)20-11-5-7-14(20)15(21)19-10-8-13-6-4-9-18-12-13/h4,6,9,12,14H,5,7-8,10-11H2,1-3H3,(H,19,21). The number of likely N-dealkylation sites (tertiary alicyclic amines) is 1. The lowest BCUT2D eigenvalue weighted by atomic mass is 9.94. The van der Waals surface area contributed by atoms with Gasteiger partial charge in [0.2, 0.25) is 11.8 Å². The number of amides is 2. The highest BCUT2D eigenvalue weighted by Crippen LogP contribution is 2.25. The summed E-state index contributed by atoms with van der Waals surface area (Å²) in [6, 6.07) is 3.56. The van der Waals surface area contributed by atoms with E-state index in [9.17, 15) is 9.59 Å². The van der Waals surface area contributed by atoms with E-state index in [-0.39, 0.29) is 17.9 Å². The number of hydrogen-bond acceptors (Lipinski definition) is 3. The van der Waals surface area contributed by atoms with Crippen molar-refractivity contribution in [1.82, 2.24) is 15.2 Å². The largest absolute Gasteiger partial charge is 0.354 e. The third kappa shape index (κ3) is 4.06. The van der Waals surface area contributed by atoms with Gasteiger partial charge in [-0.05, 0) is 30.9 Å². The zero-order valence-electron chi connectivity index (χ0n) is 13.6. The van der Waals surface area contributed by atoms with E-state index in [1.165, 1.54) is 0 Å². The molecule has 2 rings (SSSR count). The second-order valence-electron chi connectivity index (χ2n) is 6.81. The van der Waals surface area contributed by atoms with Crippen molar-refractivity contribution in [3.05, 3.63) is 30.1 Å². The van der Waals surface area contributed by atoms with Crippen molar-refractivity contribution in [2.45, 2.75) is 46.1 Å². The summed E-state index contributed by atoms with van der Waals surface area (Å²) < 4.78 is 0. The molecule has 5 heteroatoms. The molecule has 1 aromatic heterocycles. The first-order chi connectivity index (χ1) is 10.4. The number of carbonyl (C=O) groups is 2. The van der Waals surface area contributed by atoms with Crippen LogP contribution >= 0.6 is 0 Å². The molecule has 1 aliphatic rings. The van der Waals surface area contributed by atoms with E-state index >= 15 is 0 Å². The predicted octanol–water partition coefficient (Wildman–Crippen LogP) is 1.78. The van der Waals surface area contributed by atoms with E-state index in [4.69, 9.17) is 0 Å². The minimum absolute atomic E-state index is 0.0426. The highest BCUT2D eigenvalue weighted by atomic mass is 16.2. The Labute approximate surface area is 132 Å². The zero-order chi connectivity index (χ0) is 16.2. The number of nitrogens with one attached hydrogen (secondary N) is 1. The third-order valence-corrected chi connectivity index (χ3v) is 3.89. The highest BCUT2D eigenvalue weighted by Gasteiger charge is 2.38. The first-order valence-electron chi connectivity index (χ1n) is 7.87. The van der Waals surface area contributed by atoms with Gasteiger partial charge in [0.1, 0.15) is 6.04 Å². The molecular formula is C17H25N3O2. The van der Waals surface area contributed by atoms with Gasteiger partial charge in [0.05, 0.1) is 0 Å². The van der Waals surface area contributed by atoms with Crippen LogP contribution in [0.4, 0.5) is 0 Å². The van der Waals surface area contributed by atoms with Crippen LogP contribution in [-0.4, -0.2) is 40.8 Å². The molecule has 0 saturated carbocycles. The highest BCUT2D eigenvalue weighted by molar-refractivity contribution is 5.90. The summed E-state index contributed by atoms with van der Waals surface area (Å²) in [6.45, 7) is 6.93. The Kier molecular flexibility index (Phi) is 5.16. The minimum Gasteiger partial charge on any atom is -0.354 e. The van der Waals surface area contributed by atoms with Crippen LogP contribution in [0.3, 0.4) is 0 Å². The fourth-order valence-corrected chi connectivity index (χ4v) is 2.71. The van der Waals surface area contributed by atoms with Gasteiger partial charge in [0, 0.05) is 30.9 Å². The van der Waals surface area contributed by atoms with Gasteiger partial charge in [-0.3, -0.25) is 14.6 Å². The maximum Gasteiger partial charge on any atom is 0.242 e. The minimum atomic E-state index is -0.446. The number of hydrogen-bond donors (Lipinski definition) is 1. The Balaban J connectivity index is 1.87. The lowest BCUT2D eigenvalue weighted by molar-refractivity contribution is -0.144. The summed E-state index contributed by atoms with van der Waals surface area (Å²) in [6.07, 6.45) is 5.93. The van der Waals surface area contributed by atoms with E-state index < -0.39 is 5.41 Å². The maximum absolute atomic E-state index is 12.4. The molecule has 0 spiro atoms. The van der Waals surface area contributed by atoms with Crippen molar-refractivity contribution in [2.24, 2.45) is 5.41 Å². The second kappa shape index (κ2) is 6.90. The van der Waals surface area contributed by atoms with Gasteiger partial charge >= 0.3 is 0 Å². The first kappa shape index (κ1) is 16.5. The molecule has 1 fully saturated rings. The quantitative estimate of drug-likeness (QED) is 0.922. The van der Waals surface area contributed by atoms with Crippen molar-refractivity contribution in [2.75, 3.05) is 13.1 Å². The molecule has 2 amide bonds. The molecule has 1 aromatic rings. The Hall–Kier alpha value is -1.91. The van der Waals surface area contributed by atoms with Gasteiger partial charge in [-0.2, -0.15) is 0 Å². The third-order valence-electron chi connectivity index (χ3n) is 3.89. The molecule has 120 valence electrons. The second-order valence-corrected chi connectivity index (χ2v) is 6.81. The Morgan fingerprint density at radius 1 is 1.41 bits per heavy atom. The fraction of sp³-hybridized carbons (Fsp3) is 0.588. The number of rotatable bonds is 4. The van der Waals surface area contributed by atoms with E-state index in [1.807, 2.05) is 32.9 Å². The number of nitrogens with zero attached hydrogens (tertiary/aromatic N) is 2. The van der Waals surface area contributed by atoms with Gasteiger partial charge in [-0.15, -0.1) is 0 Å². The summed E-state index contributed by atoms with van der Waals surface area (Å²) in [5.74, 6) is 0.0106. The average Bonchev–Trinajstić information content (AvgIpc) is 2.95. The summed E-state index contributed by atoms with van der Waals surface area (Å²) in [5, 5.41) is 2.95. The van der Waals surface area contributed by atoms with Crippen molar-refractivity contribution >= 4 is 11.8 Å². The molecule has 0 aliphatic carbocycles. The molecule has 0 aromatic carbocycles. The van der Waals surface area contributed by atoms with Crippen molar-refractivity contribution in [3.8, 4) is 0 Å². The molecular weight excluding hydrogens is 278 g/mol. The fourth-order valence-electron chi connectivity index (χ4n) is 2.71. The molecule has 1 aliphatic heterocycles.